The highest BCUT2D eigenvalue weighted by molar-refractivity contribution is 5.60. The van der Waals surface area contributed by atoms with E-state index in [1.165, 1.54) is 11.1 Å². The van der Waals surface area contributed by atoms with Gasteiger partial charge < -0.3 is 5.32 Å². The lowest BCUT2D eigenvalue weighted by molar-refractivity contribution is 0.830. The molecule has 0 unspecified atom stereocenters. The fourth-order valence-electron chi connectivity index (χ4n) is 2.61. The van der Waals surface area contributed by atoms with Gasteiger partial charge in [0.05, 0.1) is 0 Å². The molecule has 2 aromatic rings. The third-order valence-electron chi connectivity index (χ3n) is 3.54. The molecule has 0 aromatic carbocycles. The third-order valence-corrected chi connectivity index (χ3v) is 3.54. The van der Waals surface area contributed by atoms with E-state index in [1.807, 2.05) is 6.07 Å². The number of anilines is 1. The number of rotatable bonds is 5. The predicted molar refractivity (Wildman–Crippen MR) is 87.6 cm³/mol. The summed E-state index contributed by atoms with van der Waals surface area (Å²) in [4.78, 5) is 13.9. The predicted octanol–water partition coefficient (Wildman–Crippen LogP) is 3.96. The number of pyridine rings is 1. The molecule has 0 spiro atoms. The van der Waals surface area contributed by atoms with Crippen molar-refractivity contribution in [2.45, 2.75) is 47.0 Å². The van der Waals surface area contributed by atoms with E-state index in [0.29, 0.717) is 11.7 Å². The van der Waals surface area contributed by atoms with Gasteiger partial charge in [-0.15, -0.1) is 0 Å². The van der Waals surface area contributed by atoms with Crippen molar-refractivity contribution in [3.05, 3.63) is 35.2 Å². The van der Waals surface area contributed by atoms with Crippen LogP contribution in [0.4, 0.5) is 5.82 Å². The second kappa shape index (κ2) is 6.66. The highest BCUT2D eigenvalue weighted by atomic mass is 15.0. The number of nitrogens with one attached hydrogen (secondary N) is 1. The fraction of sp³-hybridized carbons (Fsp3) is 0.471. The number of aromatic nitrogens is 3. The van der Waals surface area contributed by atoms with E-state index in [1.54, 1.807) is 6.20 Å². The Morgan fingerprint density at radius 2 is 1.95 bits per heavy atom. The van der Waals surface area contributed by atoms with E-state index in [9.17, 15) is 0 Å². The highest BCUT2D eigenvalue weighted by Gasteiger charge is 2.17. The Hall–Kier alpha value is -1.97. The molecule has 0 saturated carbocycles. The van der Waals surface area contributed by atoms with Crippen LogP contribution in [0.15, 0.2) is 18.3 Å². The summed E-state index contributed by atoms with van der Waals surface area (Å²) in [6, 6.07) is 4.05. The van der Waals surface area contributed by atoms with Crippen molar-refractivity contribution in [3.63, 3.8) is 0 Å². The average Bonchev–Trinajstić information content (AvgIpc) is 2.46. The minimum Gasteiger partial charge on any atom is -0.370 e. The summed E-state index contributed by atoms with van der Waals surface area (Å²) < 4.78 is 0. The summed E-state index contributed by atoms with van der Waals surface area (Å²) in [5, 5.41) is 3.37. The van der Waals surface area contributed by atoms with Crippen LogP contribution in [0.3, 0.4) is 0 Å². The number of nitrogens with zero attached hydrogens (tertiary/aromatic N) is 3. The zero-order valence-electron chi connectivity index (χ0n) is 13.6. The van der Waals surface area contributed by atoms with Crippen LogP contribution in [-0.2, 0) is 6.42 Å². The fourth-order valence-corrected chi connectivity index (χ4v) is 2.61. The summed E-state index contributed by atoms with van der Waals surface area (Å²) in [5.74, 6) is 2.04. The molecule has 0 aliphatic rings. The molecule has 0 fully saturated rings. The van der Waals surface area contributed by atoms with Gasteiger partial charge in [0, 0.05) is 24.0 Å². The average molecular weight is 284 g/mol. The highest BCUT2D eigenvalue weighted by Crippen LogP contribution is 2.28. The first-order chi connectivity index (χ1) is 10.1. The molecule has 0 bridgehead atoms. The van der Waals surface area contributed by atoms with Gasteiger partial charge in [0.25, 0.3) is 0 Å². The Kier molecular flexibility index (Phi) is 4.89. The lowest BCUT2D eigenvalue weighted by Crippen LogP contribution is -2.10. The second-order valence-electron chi connectivity index (χ2n) is 5.44. The molecule has 0 aliphatic heterocycles. The molecule has 4 nitrogen and oxygen atoms in total. The third kappa shape index (κ3) is 3.20. The van der Waals surface area contributed by atoms with Crippen LogP contribution >= 0.6 is 0 Å². The number of aryl methyl sites for hydroxylation is 2. The number of hydrogen-bond donors (Lipinski definition) is 1. The van der Waals surface area contributed by atoms with Gasteiger partial charge in [-0.3, -0.25) is 4.98 Å². The SMILES string of the molecule is CCNc1nc(-c2ncccc2CC)nc(C)c1C(C)C. The largest absolute Gasteiger partial charge is 0.370 e. The van der Waals surface area contributed by atoms with Gasteiger partial charge in [-0.25, -0.2) is 9.97 Å². The van der Waals surface area contributed by atoms with Crippen LogP contribution in [0.2, 0.25) is 0 Å². The summed E-state index contributed by atoms with van der Waals surface area (Å²) in [6.45, 7) is 11.4. The minimum absolute atomic E-state index is 0.391. The maximum atomic E-state index is 4.74. The normalized spacial score (nSPS) is 11.0. The van der Waals surface area contributed by atoms with E-state index in [-0.39, 0.29) is 0 Å². The Labute approximate surface area is 127 Å². The van der Waals surface area contributed by atoms with Gasteiger partial charge in [0.1, 0.15) is 11.5 Å². The van der Waals surface area contributed by atoms with Crippen LogP contribution < -0.4 is 5.32 Å². The lowest BCUT2D eigenvalue weighted by atomic mass is 10.0. The van der Waals surface area contributed by atoms with Gasteiger partial charge in [0.15, 0.2) is 5.82 Å². The zero-order chi connectivity index (χ0) is 15.4. The van der Waals surface area contributed by atoms with Crippen molar-refractivity contribution in [1.29, 1.82) is 0 Å². The van der Waals surface area contributed by atoms with E-state index < -0.39 is 0 Å². The van der Waals surface area contributed by atoms with Crippen LogP contribution in [0, 0.1) is 6.92 Å². The quantitative estimate of drug-likeness (QED) is 0.902. The standard InChI is InChI=1S/C17H24N4/c1-6-13-9-8-10-19-15(13)17-20-12(5)14(11(3)4)16(21-17)18-7-2/h8-11H,6-7H2,1-5H3,(H,18,20,21). The van der Waals surface area contributed by atoms with Gasteiger partial charge >= 0.3 is 0 Å². The summed E-state index contributed by atoms with van der Waals surface area (Å²) >= 11 is 0. The molecule has 112 valence electrons. The Bertz CT molecular complexity index is 620. The molecule has 0 aliphatic carbocycles. The second-order valence-corrected chi connectivity index (χ2v) is 5.44. The molecule has 4 heteroatoms. The summed E-state index contributed by atoms with van der Waals surface area (Å²) in [6.07, 6.45) is 2.73. The zero-order valence-corrected chi connectivity index (χ0v) is 13.6. The van der Waals surface area contributed by atoms with E-state index in [4.69, 9.17) is 9.97 Å². The molecule has 2 heterocycles. The van der Waals surface area contributed by atoms with Crippen LogP contribution in [0.25, 0.3) is 11.5 Å². The lowest BCUT2D eigenvalue weighted by Gasteiger charge is -2.17. The molecule has 21 heavy (non-hydrogen) atoms. The molecule has 0 radical (unpaired) electrons. The maximum absolute atomic E-state index is 4.74. The van der Waals surface area contributed by atoms with E-state index >= 15 is 0 Å². The van der Waals surface area contributed by atoms with Crippen molar-refractivity contribution >= 4 is 5.82 Å². The molecular formula is C17H24N4. The molecule has 2 aromatic heterocycles. The van der Waals surface area contributed by atoms with Crippen LogP contribution in [0.5, 0.6) is 0 Å². The Morgan fingerprint density at radius 3 is 2.57 bits per heavy atom. The first-order valence-electron chi connectivity index (χ1n) is 7.65. The Balaban J connectivity index is 2.60. The van der Waals surface area contributed by atoms with Gasteiger partial charge in [-0.05, 0) is 37.8 Å². The number of hydrogen-bond acceptors (Lipinski definition) is 4. The molecule has 2 rings (SSSR count). The van der Waals surface area contributed by atoms with Crippen molar-refractivity contribution in [2.24, 2.45) is 0 Å². The molecule has 1 N–H and O–H groups in total. The molecular weight excluding hydrogens is 260 g/mol. The summed E-state index contributed by atoms with van der Waals surface area (Å²) in [5.41, 5.74) is 4.28. The van der Waals surface area contributed by atoms with E-state index in [0.717, 1.165) is 30.2 Å². The van der Waals surface area contributed by atoms with E-state index in [2.05, 4.69) is 51.0 Å². The molecule has 0 saturated heterocycles. The van der Waals surface area contributed by atoms with Crippen molar-refractivity contribution in [2.75, 3.05) is 11.9 Å². The topological polar surface area (TPSA) is 50.7 Å². The Morgan fingerprint density at radius 1 is 1.19 bits per heavy atom. The van der Waals surface area contributed by atoms with Crippen molar-refractivity contribution in [3.8, 4) is 11.5 Å². The maximum Gasteiger partial charge on any atom is 0.180 e. The van der Waals surface area contributed by atoms with Gasteiger partial charge in [0.2, 0.25) is 0 Å². The minimum atomic E-state index is 0.391. The van der Waals surface area contributed by atoms with Crippen molar-refractivity contribution in [1.82, 2.24) is 15.0 Å². The molecule has 0 amide bonds. The first-order valence-corrected chi connectivity index (χ1v) is 7.65. The summed E-state index contributed by atoms with van der Waals surface area (Å²) in [7, 11) is 0. The van der Waals surface area contributed by atoms with Crippen LogP contribution in [0.1, 0.15) is 50.4 Å². The van der Waals surface area contributed by atoms with Gasteiger partial charge in [-0.1, -0.05) is 26.8 Å². The van der Waals surface area contributed by atoms with Gasteiger partial charge in [-0.2, -0.15) is 0 Å². The smallest absolute Gasteiger partial charge is 0.180 e. The van der Waals surface area contributed by atoms with Crippen molar-refractivity contribution < 1.29 is 0 Å². The monoisotopic (exact) mass is 284 g/mol. The van der Waals surface area contributed by atoms with Crippen LogP contribution in [-0.4, -0.2) is 21.5 Å². The molecule has 0 atom stereocenters. The first kappa shape index (κ1) is 15.4.